The van der Waals surface area contributed by atoms with Crippen molar-refractivity contribution >= 4 is 28.2 Å². The van der Waals surface area contributed by atoms with Crippen molar-refractivity contribution in [3.63, 3.8) is 0 Å². The van der Waals surface area contributed by atoms with Crippen molar-refractivity contribution in [1.29, 1.82) is 0 Å². The fourth-order valence-electron chi connectivity index (χ4n) is 2.21. The zero-order valence-electron chi connectivity index (χ0n) is 11.0. The standard InChI is InChI=1S/C15H14N4O/c1-19-9-10(16)8-14(19)15(20)18-13-6-2-5-12-11(13)4-3-7-17-12/h2-9H,16H2,1H3,(H,18,20). The van der Waals surface area contributed by atoms with Crippen molar-refractivity contribution in [3.8, 4) is 0 Å². The smallest absolute Gasteiger partial charge is 0.272 e. The van der Waals surface area contributed by atoms with Crippen LogP contribution in [0.5, 0.6) is 0 Å². The Kier molecular flexibility index (Phi) is 2.87. The molecule has 0 unspecified atom stereocenters. The quantitative estimate of drug-likeness (QED) is 0.748. The Labute approximate surface area is 116 Å². The molecule has 0 atom stereocenters. The lowest BCUT2D eigenvalue weighted by molar-refractivity contribution is 0.101. The Morgan fingerprint density at radius 3 is 2.90 bits per heavy atom. The number of pyridine rings is 1. The van der Waals surface area contributed by atoms with Crippen LogP contribution in [0.2, 0.25) is 0 Å². The van der Waals surface area contributed by atoms with Gasteiger partial charge in [-0.3, -0.25) is 9.78 Å². The van der Waals surface area contributed by atoms with Crippen LogP contribution in [0.3, 0.4) is 0 Å². The van der Waals surface area contributed by atoms with Crippen LogP contribution in [0.15, 0.2) is 48.8 Å². The summed E-state index contributed by atoms with van der Waals surface area (Å²) in [5, 5.41) is 3.81. The van der Waals surface area contributed by atoms with Gasteiger partial charge in [0.15, 0.2) is 0 Å². The largest absolute Gasteiger partial charge is 0.397 e. The van der Waals surface area contributed by atoms with Crippen LogP contribution >= 0.6 is 0 Å². The number of nitrogens with one attached hydrogen (secondary N) is 1. The van der Waals surface area contributed by atoms with E-state index in [0.717, 1.165) is 16.6 Å². The third kappa shape index (κ3) is 2.09. The van der Waals surface area contributed by atoms with Gasteiger partial charge in [0, 0.05) is 24.8 Å². The van der Waals surface area contributed by atoms with Crippen LogP contribution in [-0.4, -0.2) is 15.5 Å². The minimum Gasteiger partial charge on any atom is -0.397 e. The summed E-state index contributed by atoms with van der Waals surface area (Å²) in [6, 6.07) is 11.1. The van der Waals surface area contributed by atoms with Gasteiger partial charge in [0.1, 0.15) is 5.69 Å². The van der Waals surface area contributed by atoms with Gasteiger partial charge in [-0.25, -0.2) is 0 Å². The van der Waals surface area contributed by atoms with Crippen molar-refractivity contribution in [2.24, 2.45) is 7.05 Å². The summed E-state index contributed by atoms with van der Waals surface area (Å²) in [5.74, 6) is -0.194. The van der Waals surface area contributed by atoms with Gasteiger partial charge in [-0.2, -0.15) is 0 Å². The highest BCUT2D eigenvalue weighted by Gasteiger charge is 2.12. The van der Waals surface area contributed by atoms with Gasteiger partial charge >= 0.3 is 0 Å². The molecular weight excluding hydrogens is 252 g/mol. The van der Waals surface area contributed by atoms with Crippen molar-refractivity contribution < 1.29 is 4.79 Å². The molecule has 5 heteroatoms. The summed E-state index contributed by atoms with van der Waals surface area (Å²) in [5.41, 5.74) is 8.35. The molecule has 3 aromatic rings. The summed E-state index contributed by atoms with van der Waals surface area (Å²) in [6.45, 7) is 0. The molecule has 1 amide bonds. The summed E-state index contributed by atoms with van der Waals surface area (Å²) < 4.78 is 1.70. The van der Waals surface area contributed by atoms with E-state index in [1.807, 2.05) is 30.3 Å². The lowest BCUT2D eigenvalue weighted by Gasteiger charge is -2.08. The summed E-state index contributed by atoms with van der Waals surface area (Å²) >= 11 is 0. The van der Waals surface area contributed by atoms with E-state index in [2.05, 4.69) is 10.3 Å². The number of fused-ring (bicyclic) bond motifs is 1. The highest BCUT2D eigenvalue weighted by atomic mass is 16.1. The number of nitrogens with two attached hydrogens (primary N) is 1. The highest BCUT2D eigenvalue weighted by molar-refractivity contribution is 6.08. The number of nitrogen functional groups attached to an aromatic ring is 1. The van der Waals surface area contributed by atoms with Crippen molar-refractivity contribution in [2.75, 3.05) is 11.1 Å². The Hall–Kier alpha value is -2.82. The maximum absolute atomic E-state index is 12.3. The van der Waals surface area contributed by atoms with E-state index in [9.17, 15) is 4.79 Å². The Morgan fingerprint density at radius 1 is 1.30 bits per heavy atom. The van der Waals surface area contributed by atoms with E-state index in [1.54, 1.807) is 30.1 Å². The minimum atomic E-state index is -0.194. The van der Waals surface area contributed by atoms with E-state index in [-0.39, 0.29) is 5.91 Å². The maximum Gasteiger partial charge on any atom is 0.272 e. The number of aryl methyl sites for hydroxylation is 1. The Morgan fingerprint density at radius 2 is 2.15 bits per heavy atom. The Bertz CT molecular complexity index is 786. The van der Waals surface area contributed by atoms with E-state index in [4.69, 9.17) is 5.73 Å². The predicted octanol–water partition coefficient (Wildman–Crippen LogP) is 2.41. The van der Waals surface area contributed by atoms with Crippen molar-refractivity contribution in [3.05, 3.63) is 54.5 Å². The molecule has 0 aliphatic heterocycles. The van der Waals surface area contributed by atoms with Gasteiger partial charge in [-0.15, -0.1) is 0 Å². The van der Waals surface area contributed by atoms with E-state index < -0.39 is 0 Å². The first-order valence-corrected chi connectivity index (χ1v) is 6.22. The summed E-state index contributed by atoms with van der Waals surface area (Å²) in [6.07, 6.45) is 3.44. The van der Waals surface area contributed by atoms with Gasteiger partial charge in [-0.1, -0.05) is 6.07 Å². The monoisotopic (exact) mass is 266 g/mol. The Balaban J connectivity index is 1.97. The zero-order valence-corrected chi connectivity index (χ0v) is 11.0. The first kappa shape index (κ1) is 12.2. The van der Waals surface area contributed by atoms with Gasteiger partial charge in [-0.05, 0) is 30.3 Å². The van der Waals surface area contributed by atoms with Crippen LogP contribution in [0.1, 0.15) is 10.5 Å². The number of benzene rings is 1. The molecule has 100 valence electrons. The normalized spacial score (nSPS) is 10.7. The molecule has 0 radical (unpaired) electrons. The van der Waals surface area contributed by atoms with Gasteiger partial charge in [0.2, 0.25) is 0 Å². The third-order valence-corrected chi connectivity index (χ3v) is 3.15. The topological polar surface area (TPSA) is 72.9 Å². The molecule has 5 nitrogen and oxygen atoms in total. The molecule has 0 bridgehead atoms. The second-order valence-corrected chi connectivity index (χ2v) is 4.60. The molecule has 0 saturated heterocycles. The molecule has 0 aliphatic carbocycles. The molecule has 0 aliphatic rings. The minimum absolute atomic E-state index is 0.194. The van der Waals surface area contributed by atoms with Crippen LogP contribution in [0, 0.1) is 0 Å². The molecule has 20 heavy (non-hydrogen) atoms. The number of aromatic nitrogens is 2. The van der Waals surface area contributed by atoms with Crippen molar-refractivity contribution in [1.82, 2.24) is 9.55 Å². The SMILES string of the molecule is Cn1cc(N)cc1C(=O)Nc1cccc2ncccc12. The van der Waals surface area contributed by atoms with Crippen LogP contribution in [0.25, 0.3) is 10.9 Å². The highest BCUT2D eigenvalue weighted by Crippen LogP contribution is 2.22. The molecule has 0 saturated carbocycles. The molecule has 0 fully saturated rings. The van der Waals surface area contributed by atoms with Crippen LogP contribution in [-0.2, 0) is 7.05 Å². The molecular formula is C15H14N4O. The molecule has 2 aromatic heterocycles. The second-order valence-electron chi connectivity index (χ2n) is 4.60. The zero-order chi connectivity index (χ0) is 14.1. The van der Waals surface area contributed by atoms with E-state index in [0.29, 0.717) is 11.4 Å². The number of amides is 1. The first-order chi connectivity index (χ1) is 9.65. The van der Waals surface area contributed by atoms with E-state index in [1.165, 1.54) is 0 Å². The van der Waals surface area contributed by atoms with E-state index >= 15 is 0 Å². The fraction of sp³-hybridized carbons (Fsp3) is 0.0667. The summed E-state index contributed by atoms with van der Waals surface area (Å²) in [7, 11) is 1.79. The molecule has 1 aromatic carbocycles. The lowest BCUT2D eigenvalue weighted by atomic mass is 10.2. The third-order valence-electron chi connectivity index (χ3n) is 3.15. The number of anilines is 2. The number of rotatable bonds is 2. The maximum atomic E-state index is 12.3. The number of carbonyl (C=O) groups excluding carboxylic acids is 1. The fourth-order valence-corrected chi connectivity index (χ4v) is 2.21. The molecule has 3 rings (SSSR count). The van der Waals surface area contributed by atoms with Crippen LogP contribution in [0.4, 0.5) is 11.4 Å². The number of nitrogens with zero attached hydrogens (tertiary/aromatic N) is 2. The average molecular weight is 266 g/mol. The average Bonchev–Trinajstić information content (AvgIpc) is 2.78. The van der Waals surface area contributed by atoms with Gasteiger partial charge in [0.05, 0.1) is 16.9 Å². The van der Waals surface area contributed by atoms with Crippen LogP contribution < -0.4 is 11.1 Å². The second kappa shape index (κ2) is 4.70. The van der Waals surface area contributed by atoms with Crippen molar-refractivity contribution in [2.45, 2.75) is 0 Å². The predicted molar refractivity (Wildman–Crippen MR) is 79.5 cm³/mol. The number of hydrogen-bond acceptors (Lipinski definition) is 3. The summed E-state index contributed by atoms with van der Waals surface area (Å²) in [4.78, 5) is 16.6. The number of hydrogen-bond donors (Lipinski definition) is 2. The molecule has 2 heterocycles. The van der Waals surface area contributed by atoms with Gasteiger partial charge in [0.25, 0.3) is 5.91 Å². The van der Waals surface area contributed by atoms with Gasteiger partial charge < -0.3 is 15.6 Å². The molecule has 0 spiro atoms. The lowest BCUT2D eigenvalue weighted by Crippen LogP contribution is -2.15. The molecule has 3 N–H and O–H groups in total. The first-order valence-electron chi connectivity index (χ1n) is 6.22. The number of carbonyl (C=O) groups is 1.